The first-order valence-electron chi connectivity index (χ1n) is 12.5. The quantitative estimate of drug-likeness (QED) is 0.411. The van der Waals surface area contributed by atoms with E-state index in [4.69, 9.17) is 9.47 Å². The highest BCUT2D eigenvalue weighted by Crippen LogP contribution is 2.67. The molecule has 2 saturated heterocycles. The Kier molecular flexibility index (Phi) is 6.14. The number of rotatable bonds is 4. The lowest BCUT2D eigenvalue weighted by molar-refractivity contribution is -0.370. The molecule has 192 valence electrons. The third kappa shape index (κ3) is 3.36. The summed E-state index contributed by atoms with van der Waals surface area (Å²) in [6, 6.07) is 0. The predicted molar refractivity (Wildman–Crippen MR) is 125 cm³/mol. The number of ketones is 1. The number of fused-ring (bicyclic) bond motifs is 3. The molecule has 8 nitrogen and oxygen atoms in total. The van der Waals surface area contributed by atoms with Gasteiger partial charge in [-0.1, -0.05) is 26.8 Å². The van der Waals surface area contributed by atoms with E-state index in [1.165, 1.54) is 13.0 Å². The summed E-state index contributed by atoms with van der Waals surface area (Å²) < 4.78 is 12.3. The standard InChI is InChI=1S/C26H41NO7/c1-7-23(4)14-17(29)26(32)24(5)16(28)10-11-22(2,3)20(24)19(21(31)25(26,6)34-23)33-18(30)15-27-12-8-9-13-27/h7,16,19-21,28,31-32H,1,8-15H2,2-6H3/t16-,19?,20?,21?,23-,24?,25+,26-/m0/s1. The van der Waals surface area contributed by atoms with E-state index in [1.54, 1.807) is 13.8 Å². The van der Waals surface area contributed by atoms with Crippen LogP contribution in [0.4, 0.5) is 0 Å². The Morgan fingerprint density at radius 1 is 1.21 bits per heavy atom. The molecule has 34 heavy (non-hydrogen) atoms. The lowest BCUT2D eigenvalue weighted by Gasteiger charge is -2.71. The molecule has 0 bridgehead atoms. The van der Waals surface area contributed by atoms with Crippen LogP contribution in [0.25, 0.3) is 0 Å². The number of hydrogen-bond donors (Lipinski definition) is 3. The van der Waals surface area contributed by atoms with Crippen LogP contribution in [0.1, 0.15) is 66.7 Å². The minimum atomic E-state index is -2.19. The van der Waals surface area contributed by atoms with Gasteiger partial charge in [0.15, 0.2) is 11.4 Å². The number of carbonyl (C=O) groups excluding carboxylic acids is 2. The van der Waals surface area contributed by atoms with Gasteiger partial charge < -0.3 is 24.8 Å². The number of esters is 1. The van der Waals surface area contributed by atoms with E-state index in [9.17, 15) is 24.9 Å². The zero-order chi connectivity index (χ0) is 25.3. The van der Waals surface area contributed by atoms with E-state index in [2.05, 4.69) is 6.58 Å². The lowest BCUT2D eigenvalue weighted by Crippen LogP contribution is -2.86. The topological polar surface area (TPSA) is 117 Å². The molecule has 2 heterocycles. The van der Waals surface area contributed by atoms with Crippen molar-refractivity contribution in [1.82, 2.24) is 4.90 Å². The predicted octanol–water partition coefficient (Wildman–Crippen LogP) is 1.60. The number of hydrogen-bond acceptors (Lipinski definition) is 8. The van der Waals surface area contributed by atoms with Crippen molar-refractivity contribution in [3.8, 4) is 0 Å². The molecule has 2 aliphatic carbocycles. The van der Waals surface area contributed by atoms with Gasteiger partial charge in [-0.3, -0.25) is 14.5 Å². The maximum absolute atomic E-state index is 13.7. The van der Waals surface area contributed by atoms with Crippen LogP contribution in [-0.4, -0.2) is 86.7 Å². The van der Waals surface area contributed by atoms with Crippen LogP contribution in [0.5, 0.6) is 0 Å². The van der Waals surface area contributed by atoms with Gasteiger partial charge in [-0.15, -0.1) is 6.58 Å². The molecule has 0 radical (unpaired) electrons. The maximum atomic E-state index is 13.7. The molecule has 4 aliphatic rings. The van der Waals surface area contributed by atoms with Gasteiger partial charge in [0.25, 0.3) is 0 Å². The Morgan fingerprint density at radius 2 is 1.82 bits per heavy atom. The van der Waals surface area contributed by atoms with Crippen LogP contribution in [-0.2, 0) is 19.1 Å². The molecule has 8 heteroatoms. The van der Waals surface area contributed by atoms with Crippen molar-refractivity contribution in [2.24, 2.45) is 16.7 Å². The largest absolute Gasteiger partial charge is 0.458 e. The van der Waals surface area contributed by atoms with Gasteiger partial charge in [-0.2, -0.15) is 0 Å². The van der Waals surface area contributed by atoms with Crippen LogP contribution in [0.2, 0.25) is 0 Å². The van der Waals surface area contributed by atoms with Crippen LogP contribution in [0.15, 0.2) is 12.7 Å². The highest BCUT2D eigenvalue weighted by Gasteiger charge is 2.81. The maximum Gasteiger partial charge on any atom is 0.320 e. The second kappa shape index (κ2) is 8.10. The summed E-state index contributed by atoms with van der Waals surface area (Å²) in [6.45, 7) is 14.4. The Hall–Kier alpha value is -1.32. The van der Waals surface area contributed by atoms with Crippen molar-refractivity contribution < 1.29 is 34.4 Å². The molecule has 0 aromatic heterocycles. The molecule has 0 spiro atoms. The smallest absolute Gasteiger partial charge is 0.320 e. The van der Waals surface area contributed by atoms with E-state index in [1.807, 2.05) is 18.7 Å². The monoisotopic (exact) mass is 479 g/mol. The average Bonchev–Trinajstić information content (AvgIpc) is 3.25. The number of ether oxygens (including phenoxy) is 2. The molecular weight excluding hydrogens is 438 g/mol. The minimum absolute atomic E-state index is 0.112. The summed E-state index contributed by atoms with van der Waals surface area (Å²) in [6.07, 6.45) is 0.754. The average molecular weight is 480 g/mol. The third-order valence-electron chi connectivity index (χ3n) is 9.56. The van der Waals surface area contributed by atoms with Crippen molar-refractivity contribution in [2.45, 2.75) is 102 Å². The highest BCUT2D eigenvalue weighted by molar-refractivity contribution is 5.92. The fourth-order valence-electron chi connectivity index (χ4n) is 7.72. The Bertz CT molecular complexity index is 869. The van der Waals surface area contributed by atoms with E-state index in [-0.39, 0.29) is 13.0 Å². The number of nitrogens with zero attached hydrogens (tertiary/aromatic N) is 1. The van der Waals surface area contributed by atoms with Crippen molar-refractivity contribution >= 4 is 11.8 Å². The second-order valence-corrected chi connectivity index (χ2v) is 12.2. The molecular formula is C26H41NO7. The number of Topliss-reactive ketones (excluding diaryl/α,β-unsaturated/α-hetero) is 1. The zero-order valence-corrected chi connectivity index (χ0v) is 21.2. The first-order chi connectivity index (χ1) is 15.7. The molecule has 4 fully saturated rings. The van der Waals surface area contributed by atoms with E-state index in [0.717, 1.165) is 25.9 Å². The van der Waals surface area contributed by atoms with Gasteiger partial charge in [0.05, 0.1) is 18.2 Å². The minimum Gasteiger partial charge on any atom is -0.458 e. The molecule has 4 rings (SSSR count). The van der Waals surface area contributed by atoms with Gasteiger partial charge in [0.1, 0.15) is 17.8 Å². The Labute approximate surface area is 202 Å². The van der Waals surface area contributed by atoms with Crippen molar-refractivity contribution in [1.29, 1.82) is 0 Å². The molecule has 8 atom stereocenters. The molecule has 0 aromatic rings. The van der Waals surface area contributed by atoms with Crippen molar-refractivity contribution in [3.05, 3.63) is 12.7 Å². The SMILES string of the molecule is C=C[C@@]1(C)CC(=O)[C@]2(O)C3(C)C(C(OC(=O)CN4CCCC4)C(O)[C@@]2(C)O1)C(C)(C)CC[C@@H]3O. The fourth-order valence-corrected chi connectivity index (χ4v) is 7.72. The molecule has 0 amide bonds. The van der Waals surface area contributed by atoms with E-state index >= 15 is 0 Å². The zero-order valence-electron chi connectivity index (χ0n) is 21.2. The summed E-state index contributed by atoms with van der Waals surface area (Å²) >= 11 is 0. The fraction of sp³-hybridized carbons (Fsp3) is 0.846. The lowest BCUT2D eigenvalue weighted by atomic mass is 9.40. The summed E-state index contributed by atoms with van der Waals surface area (Å²) in [5, 5.41) is 35.4. The van der Waals surface area contributed by atoms with Gasteiger partial charge in [-0.05, 0) is 58.0 Å². The Balaban J connectivity index is 1.83. The summed E-state index contributed by atoms with van der Waals surface area (Å²) in [7, 11) is 0. The van der Waals surface area contributed by atoms with Gasteiger partial charge >= 0.3 is 5.97 Å². The normalized spacial score (nSPS) is 48.6. The van der Waals surface area contributed by atoms with Crippen LogP contribution in [0, 0.1) is 16.7 Å². The first-order valence-corrected chi connectivity index (χ1v) is 12.5. The first kappa shape index (κ1) is 25.8. The highest BCUT2D eigenvalue weighted by atomic mass is 16.6. The van der Waals surface area contributed by atoms with Gasteiger partial charge in [0, 0.05) is 17.8 Å². The number of carbonyl (C=O) groups is 2. The van der Waals surface area contributed by atoms with E-state index in [0.29, 0.717) is 12.8 Å². The molecule has 0 aromatic carbocycles. The molecule has 4 unspecified atom stereocenters. The van der Waals surface area contributed by atoms with Crippen molar-refractivity contribution in [3.63, 3.8) is 0 Å². The van der Waals surface area contributed by atoms with Gasteiger partial charge in [-0.25, -0.2) is 0 Å². The molecule has 2 saturated carbocycles. The van der Waals surface area contributed by atoms with Crippen LogP contribution < -0.4 is 0 Å². The van der Waals surface area contributed by atoms with Gasteiger partial charge in [0.2, 0.25) is 0 Å². The van der Waals surface area contributed by atoms with Crippen molar-refractivity contribution in [2.75, 3.05) is 19.6 Å². The van der Waals surface area contributed by atoms with Crippen LogP contribution in [0.3, 0.4) is 0 Å². The van der Waals surface area contributed by atoms with Crippen LogP contribution >= 0.6 is 0 Å². The van der Waals surface area contributed by atoms with E-state index < -0.39 is 63.6 Å². The number of aliphatic hydroxyl groups excluding tert-OH is 2. The summed E-state index contributed by atoms with van der Waals surface area (Å²) in [5.41, 5.74) is -7.10. The summed E-state index contributed by atoms with van der Waals surface area (Å²) in [5.74, 6) is -1.65. The number of aliphatic hydroxyl groups is 3. The summed E-state index contributed by atoms with van der Waals surface area (Å²) in [4.78, 5) is 28.8. The molecule has 3 N–H and O–H groups in total. The number of likely N-dealkylation sites (tertiary alicyclic amines) is 1. The Morgan fingerprint density at radius 3 is 2.41 bits per heavy atom. The third-order valence-corrected chi connectivity index (χ3v) is 9.56. The second-order valence-electron chi connectivity index (χ2n) is 12.2. The molecule has 2 aliphatic heterocycles.